The molecular weight excluding hydrogens is 462 g/mol. The molecule has 0 aliphatic heterocycles. The molecule has 2 rings (SSSR count). The Balaban J connectivity index is 1.58. The minimum Gasteiger partial charge on any atom is -0.369 e. The lowest BCUT2D eigenvalue weighted by Crippen LogP contribution is -2.30. The van der Waals surface area contributed by atoms with Crippen LogP contribution in [0.3, 0.4) is 0 Å². The number of H-pyrrole nitrogens is 1. The van der Waals surface area contributed by atoms with Crippen LogP contribution in [0.5, 0.6) is 0 Å². The summed E-state index contributed by atoms with van der Waals surface area (Å²) in [6.07, 6.45) is 25.9. The van der Waals surface area contributed by atoms with Crippen LogP contribution in [0.25, 0.3) is 0 Å². The number of aromatic nitrogens is 5. The van der Waals surface area contributed by atoms with Crippen LogP contribution in [0.1, 0.15) is 140 Å². The second kappa shape index (κ2) is 18.6. The topological polar surface area (TPSA) is 115 Å². The van der Waals surface area contributed by atoms with Crippen LogP contribution >= 0.6 is 0 Å². The van der Waals surface area contributed by atoms with E-state index < -0.39 is 0 Å². The minimum atomic E-state index is 0.0197. The molecule has 2 unspecified atom stereocenters. The van der Waals surface area contributed by atoms with Gasteiger partial charge in [0.15, 0.2) is 5.95 Å². The fourth-order valence-corrected chi connectivity index (χ4v) is 4.56. The normalized spacial score (nSPS) is 13.3. The first-order chi connectivity index (χ1) is 18.0. The fraction of sp³-hybridized carbons (Fsp3) is 0.724. The second-order valence-corrected chi connectivity index (χ2v) is 10.3. The number of carbonyl (C=O) groups is 1. The molecule has 0 aliphatic carbocycles. The summed E-state index contributed by atoms with van der Waals surface area (Å²) >= 11 is 0. The molecule has 2 aromatic rings. The van der Waals surface area contributed by atoms with Gasteiger partial charge in [-0.15, -0.1) is 5.10 Å². The third kappa shape index (κ3) is 12.4. The number of aromatic amines is 1. The zero-order chi connectivity index (χ0) is 26.7. The van der Waals surface area contributed by atoms with E-state index in [0.29, 0.717) is 18.9 Å². The molecule has 8 heteroatoms. The average Bonchev–Trinajstić information content (AvgIpc) is 3.56. The first-order valence-electron chi connectivity index (χ1n) is 14.7. The van der Waals surface area contributed by atoms with Gasteiger partial charge in [-0.2, -0.15) is 0 Å². The monoisotopic (exact) mass is 513 g/mol. The summed E-state index contributed by atoms with van der Waals surface area (Å²) in [4.78, 5) is 19.5. The average molecular weight is 514 g/mol. The van der Waals surface area contributed by atoms with E-state index in [1.165, 1.54) is 57.8 Å². The summed E-state index contributed by atoms with van der Waals surface area (Å²) in [5.74, 6) is 0.546. The third-order valence-electron chi connectivity index (χ3n) is 7.00. The number of nitrogen functional groups attached to an aromatic ring is 1. The minimum absolute atomic E-state index is 0.0197. The van der Waals surface area contributed by atoms with E-state index in [4.69, 9.17) is 5.73 Å². The molecule has 208 valence electrons. The summed E-state index contributed by atoms with van der Waals surface area (Å²) in [5.41, 5.74) is 7.47. The molecule has 2 heterocycles. The number of unbranched alkanes of at least 4 members (excludes halogenated alkanes) is 10. The van der Waals surface area contributed by atoms with E-state index >= 15 is 0 Å². The van der Waals surface area contributed by atoms with Crippen molar-refractivity contribution in [3.63, 3.8) is 0 Å². The number of nitrogens with zero attached hydrogens (tertiary/aromatic N) is 4. The molecule has 2 atom stereocenters. The predicted molar refractivity (Wildman–Crippen MR) is 152 cm³/mol. The highest BCUT2D eigenvalue weighted by Crippen LogP contribution is 2.22. The Morgan fingerprint density at radius 3 is 2.35 bits per heavy atom. The Labute approximate surface area is 224 Å². The molecule has 0 spiro atoms. The zero-order valence-electron chi connectivity index (χ0n) is 23.6. The number of nitrogens with two attached hydrogens (primary N) is 1. The predicted octanol–water partition coefficient (Wildman–Crippen LogP) is 6.84. The SMILES string of the molecule is CCCCCCCC/C=C/CCCCCCC(=O)NCC(CCC)n1cc(C(C)c2cnc(N)[nH]2)nn1. The van der Waals surface area contributed by atoms with Crippen LogP contribution < -0.4 is 11.1 Å². The highest BCUT2D eigenvalue weighted by Gasteiger charge is 2.18. The van der Waals surface area contributed by atoms with E-state index in [1.807, 2.05) is 17.8 Å². The van der Waals surface area contributed by atoms with E-state index in [2.05, 4.69) is 51.6 Å². The lowest BCUT2D eigenvalue weighted by Gasteiger charge is -2.17. The molecule has 0 bridgehead atoms. The number of amides is 1. The molecule has 37 heavy (non-hydrogen) atoms. The summed E-state index contributed by atoms with van der Waals surface area (Å²) in [5, 5.41) is 11.8. The Kier molecular flexibility index (Phi) is 15.4. The van der Waals surface area contributed by atoms with E-state index in [9.17, 15) is 4.79 Å². The first-order valence-corrected chi connectivity index (χ1v) is 14.7. The molecule has 4 N–H and O–H groups in total. The van der Waals surface area contributed by atoms with Crippen molar-refractivity contribution in [2.75, 3.05) is 12.3 Å². The lowest BCUT2D eigenvalue weighted by atomic mass is 10.1. The largest absolute Gasteiger partial charge is 0.369 e. The number of nitrogens with one attached hydrogen (secondary N) is 2. The smallest absolute Gasteiger partial charge is 0.220 e. The van der Waals surface area contributed by atoms with Gasteiger partial charge in [0.2, 0.25) is 5.91 Å². The Morgan fingerprint density at radius 2 is 1.70 bits per heavy atom. The molecule has 0 radical (unpaired) electrons. The van der Waals surface area contributed by atoms with Crippen LogP contribution in [0, 0.1) is 0 Å². The third-order valence-corrected chi connectivity index (χ3v) is 7.00. The Hall–Kier alpha value is -2.64. The summed E-state index contributed by atoms with van der Waals surface area (Å²) in [6.45, 7) is 7.03. The van der Waals surface area contributed by atoms with Gasteiger partial charge in [-0.25, -0.2) is 9.67 Å². The number of carbonyl (C=O) groups excluding carboxylic acids is 1. The van der Waals surface area contributed by atoms with Crippen LogP contribution in [0.4, 0.5) is 5.95 Å². The fourth-order valence-electron chi connectivity index (χ4n) is 4.56. The van der Waals surface area contributed by atoms with Gasteiger partial charge < -0.3 is 16.0 Å². The molecule has 0 aromatic carbocycles. The van der Waals surface area contributed by atoms with Gasteiger partial charge in [-0.05, 0) is 38.5 Å². The molecule has 1 amide bonds. The maximum absolute atomic E-state index is 12.4. The van der Waals surface area contributed by atoms with Crippen LogP contribution in [-0.2, 0) is 4.79 Å². The molecule has 8 nitrogen and oxygen atoms in total. The van der Waals surface area contributed by atoms with Crippen molar-refractivity contribution < 1.29 is 4.79 Å². The van der Waals surface area contributed by atoms with Gasteiger partial charge in [0.1, 0.15) is 0 Å². The van der Waals surface area contributed by atoms with Crippen molar-refractivity contribution in [2.24, 2.45) is 0 Å². The zero-order valence-corrected chi connectivity index (χ0v) is 23.6. The standard InChI is InChI=1S/C29H51N7O/c1-4-6-7-8-9-10-11-12-13-14-15-16-17-18-20-28(37)31-21-25(19-5-2)36-23-27(34-35-36)24(3)26-22-32-29(30)33-26/h12-13,22-25H,4-11,14-21H2,1-3H3,(H,31,37)(H3,30,32,33)/b13-12+. The lowest BCUT2D eigenvalue weighted by molar-refractivity contribution is -0.121. The molecule has 0 aliphatic rings. The molecule has 0 saturated carbocycles. The van der Waals surface area contributed by atoms with E-state index in [1.54, 1.807) is 6.20 Å². The van der Waals surface area contributed by atoms with Gasteiger partial charge in [0, 0.05) is 30.8 Å². The van der Waals surface area contributed by atoms with Crippen molar-refractivity contribution in [1.29, 1.82) is 0 Å². The summed E-state index contributed by atoms with van der Waals surface area (Å²) in [7, 11) is 0. The number of hydrogen-bond acceptors (Lipinski definition) is 5. The highest BCUT2D eigenvalue weighted by atomic mass is 16.1. The van der Waals surface area contributed by atoms with Crippen molar-refractivity contribution >= 4 is 11.9 Å². The van der Waals surface area contributed by atoms with Crippen molar-refractivity contribution in [2.45, 2.75) is 129 Å². The van der Waals surface area contributed by atoms with Crippen molar-refractivity contribution in [1.82, 2.24) is 30.3 Å². The van der Waals surface area contributed by atoms with Crippen molar-refractivity contribution in [3.05, 3.63) is 35.9 Å². The van der Waals surface area contributed by atoms with Gasteiger partial charge in [-0.3, -0.25) is 4.79 Å². The van der Waals surface area contributed by atoms with Crippen LogP contribution in [-0.4, -0.2) is 37.4 Å². The maximum Gasteiger partial charge on any atom is 0.220 e. The number of imidazole rings is 1. The molecule has 2 aromatic heterocycles. The van der Waals surface area contributed by atoms with Crippen LogP contribution in [0.2, 0.25) is 0 Å². The van der Waals surface area contributed by atoms with E-state index in [-0.39, 0.29) is 17.9 Å². The summed E-state index contributed by atoms with van der Waals surface area (Å²) < 4.78 is 1.88. The van der Waals surface area contributed by atoms with Crippen molar-refractivity contribution in [3.8, 4) is 0 Å². The maximum atomic E-state index is 12.4. The Morgan fingerprint density at radius 1 is 1.03 bits per heavy atom. The quantitative estimate of drug-likeness (QED) is 0.125. The van der Waals surface area contributed by atoms with Crippen LogP contribution in [0.15, 0.2) is 24.5 Å². The summed E-state index contributed by atoms with van der Waals surface area (Å²) in [6, 6.07) is 0.0948. The second-order valence-electron chi connectivity index (χ2n) is 10.3. The van der Waals surface area contributed by atoms with Gasteiger partial charge in [0.05, 0.1) is 17.9 Å². The first kappa shape index (κ1) is 30.6. The van der Waals surface area contributed by atoms with Gasteiger partial charge >= 0.3 is 0 Å². The Bertz CT molecular complexity index is 888. The molecule has 0 fully saturated rings. The number of allylic oxidation sites excluding steroid dienone is 2. The number of hydrogen-bond donors (Lipinski definition) is 3. The molecule has 0 saturated heterocycles. The molecular formula is C29H51N7O. The van der Waals surface area contributed by atoms with Gasteiger partial charge in [-0.1, -0.05) is 89.5 Å². The highest BCUT2D eigenvalue weighted by molar-refractivity contribution is 5.75. The number of anilines is 1. The van der Waals surface area contributed by atoms with E-state index in [0.717, 1.165) is 43.5 Å². The number of rotatable bonds is 21. The van der Waals surface area contributed by atoms with Gasteiger partial charge in [0.25, 0.3) is 0 Å².